The van der Waals surface area contributed by atoms with Crippen LogP contribution in [0.4, 0.5) is 8.78 Å². The second-order valence-electron chi connectivity index (χ2n) is 10.5. The molecule has 1 fully saturated rings. The molecular formula is C33H31F2N5O4. The van der Waals surface area contributed by atoms with E-state index >= 15 is 0 Å². The standard InChI is InChI=1S/C33H31F2N5O4/c34-28-7-5-23(18-29(28)35)21-40-10-2-4-25(33(40)42)32(41)38-19-22-6-8-30(44-16-13-39-11-14-43-15-12-39)26(17-22)27-20-37-31-24(27)3-1-9-36-31/h1-10,17-18,20H,11-16,19,21H2,(H,36,37)(H,38,41). The number of aromatic amines is 1. The number of ether oxygens (including phenoxy) is 2. The summed E-state index contributed by atoms with van der Waals surface area (Å²) in [6.45, 7) is 4.64. The zero-order valence-corrected chi connectivity index (χ0v) is 23.9. The number of aromatic nitrogens is 3. The van der Waals surface area contributed by atoms with Gasteiger partial charge in [0.2, 0.25) is 0 Å². The number of morpholine rings is 1. The molecule has 226 valence electrons. The summed E-state index contributed by atoms with van der Waals surface area (Å²) in [5.41, 5.74) is 3.15. The minimum Gasteiger partial charge on any atom is -0.492 e. The van der Waals surface area contributed by atoms with Gasteiger partial charge in [-0.1, -0.05) is 12.1 Å². The molecule has 0 spiro atoms. The topological polar surface area (TPSA) is 101 Å². The first kappa shape index (κ1) is 29.2. The molecule has 0 atom stereocenters. The van der Waals surface area contributed by atoms with Gasteiger partial charge in [-0.05, 0) is 59.7 Å². The van der Waals surface area contributed by atoms with Crippen LogP contribution < -0.4 is 15.6 Å². The number of hydrogen-bond donors (Lipinski definition) is 2. The number of rotatable bonds is 10. The molecule has 0 bridgehead atoms. The number of nitrogens with zero attached hydrogens (tertiary/aromatic N) is 3. The van der Waals surface area contributed by atoms with E-state index in [9.17, 15) is 18.4 Å². The lowest BCUT2D eigenvalue weighted by Gasteiger charge is -2.26. The van der Waals surface area contributed by atoms with E-state index in [0.29, 0.717) is 17.9 Å². The van der Waals surface area contributed by atoms with E-state index in [4.69, 9.17) is 9.47 Å². The van der Waals surface area contributed by atoms with Gasteiger partial charge >= 0.3 is 0 Å². The van der Waals surface area contributed by atoms with Crippen molar-refractivity contribution in [3.63, 3.8) is 0 Å². The highest BCUT2D eigenvalue weighted by Gasteiger charge is 2.17. The van der Waals surface area contributed by atoms with Gasteiger partial charge in [-0.3, -0.25) is 14.5 Å². The Hall–Kier alpha value is -4.87. The van der Waals surface area contributed by atoms with E-state index in [1.807, 2.05) is 36.5 Å². The fourth-order valence-corrected chi connectivity index (χ4v) is 5.26. The highest BCUT2D eigenvalue weighted by atomic mass is 19.2. The smallest absolute Gasteiger partial charge is 0.263 e. The first-order valence-electron chi connectivity index (χ1n) is 14.4. The van der Waals surface area contributed by atoms with Crippen LogP contribution in [0, 0.1) is 11.6 Å². The summed E-state index contributed by atoms with van der Waals surface area (Å²) in [5, 5.41) is 3.78. The molecule has 0 unspecified atom stereocenters. The molecule has 6 rings (SSSR count). The lowest BCUT2D eigenvalue weighted by molar-refractivity contribution is 0.0323. The predicted molar refractivity (Wildman–Crippen MR) is 162 cm³/mol. The van der Waals surface area contributed by atoms with Crippen molar-refractivity contribution in [1.29, 1.82) is 0 Å². The van der Waals surface area contributed by atoms with Crippen LogP contribution in [0.1, 0.15) is 21.5 Å². The summed E-state index contributed by atoms with van der Waals surface area (Å²) in [7, 11) is 0. The van der Waals surface area contributed by atoms with Crippen LogP contribution in [0.15, 0.2) is 84.0 Å². The Morgan fingerprint density at radius 3 is 2.68 bits per heavy atom. The molecule has 0 saturated carbocycles. The molecular weight excluding hydrogens is 568 g/mol. The van der Waals surface area contributed by atoms with Crippen LogP contribution in [0.2, 0.25) is 0 Å². The maximum absolute atomic E-state index is 13.7. The lowest BCUT2D eigenvalue weighted by atomic mass is 10.0. The van der Waals surface area contributed by atoms with Crippen molar-refractivity contribution in [2.45, 2.75) is 13.1 Å². The number of hydrogen-bond acceptors (Lipinski definition) is 6. The Bertz CT molecular complexity index is 1850. The number of fused-ring (bicyclic) bond motifs is 1. The zero-order valence-electron chi connectivity index (χ0n) is 23.9. The zero-order chi connectivity index (χ0) is 30.5. The van der Waals surface area contributed by atoms with Gasteiger partial charge in [-0.25, -0.2) is 13.8 Å². The minimum atomic E-state index is -0.999. The van der Waals surface area contributed by atoms with Gasteiger partial charge in [0.05, 0.1) is 19.8 Å². The summed E-state index contributed by atoms with van der Waals surface area (Å²) in [6.07, 6.45) is 5.12. The quantitative estimate of drug-likeness (QED) is 0.248. The lowest BCUT2D eigenvalue weighted by Crippen LogP contribution is -2.38. The molecule has 0 aliphatic carbocycles. The molecule has 1 aliphatic rings. The van der Waals surface area contributed by atoms with Gasteiger partial charge in [-0.15, -0.1) is 0 Å². The van der Waals surface area contributed by atoms with Crippen molar-refractivity contribution in [2.24, 2.45) is 0 Å². The molecule has 1 amide bonds. The van der Waals surface area contributed by atoms with Gasteiger partial charge < -0.3 is 24.3 Å². The molecule has 11 heteroatoms. The van der Waals surface area contributed by atoms with Gasteiger partial charge in [0.1, 0.15) is 23.6 Å². The molecule has 0 radical (unpaired) electrons. The van der Waals surface area contributed by atoms with Crippen molar-refractivity contribution >= 4 is 16.9 Å². The molecule has 2 aromatic carbocycles. The molecule has 3 aromatic heterocycles. The number of carbonyl (C=O) groups excluding carboxylic acids is 1. The fraction of sp³-hybridized carbons (Fsp3) is 0.242. The largest absolute Gasteiger partial charge is 0.492 e. The third-order valence-electron chi connectivity index (χ3n) is 7.61. The Kier molecular flexibility index (Phi) is 8.76. The summed E-state index contributed by atoms with van der Waals surface area (Å²) < 4.78 is 40.0. The van der Waals surface area contributed by atoms with Crippen LogP contribution in [0.5, 0.6) is 5.75 Å². The van der Waals surface area contributed by atoms with Crippen LogP contribution in [-0.4, -0.2) is 64.8 Å². The summed E-state index contributed by atoms with van der Waals surface area (Å²) in [6, 6.07) is 16.1. The fourth-order valence-electron chi connectivity index (χ4n) is 5.26. The summed E-state index contributed by atoms with van der Waals surface area (Å²) in [4.78, 5) is 36.1. The average molecular weight is 600 g/mol. The maximum Gasteiger partial charge on any atom is 0.263 e. The number of benzene rings is 2. The number of nitrogens with one attached hydrogen (secondary N) is 2. The van der Waals surface area contributed by atoms with Crippen molar-refractivity contribution in [1.82, 2.24) is 24.8 Å². The van der Waals surface area contributed by atoms with Gasteiger partial charge in [0.25, 0.3) is 11.5 Å². The number of amides is 1. The first-order chi connectivity index (χ1) is 21.5. The highest BCUT2D eigenvalue weighted by molar-refractivity contribution is 5.95. The first-order valence-corrected chi connectivity index (χ1v) is 14.4. The molecule has 5 aromatic rings. The van der Waals surface area contributed by atoms with E-state index in [0.717, 1.165) is 72.7 Å². The van der Waals surface area contributed by atoms with Crippen molar-refractivity contribution in [3.05, 3.63) is 118 Å². The number of halogens is 2. The van der Waals surface area contributed by atoms with Gasteiger partial charge in [-0.2, -0.15) is 0 Å². The van der Waals surface area contributed by atoms with Crippen LogP contribution in [0.3, 0.4) is 0 Å². The van der Waals surface area contributed by atoms with Crippen molar-refractivity contribution in [3.8, 4) is 16.9 Å². The highest BCUT2D eigenvalue weighted by Crippen LogP contribution is 2.35. The Morgan fingerprint density at radius 2 is 1.84 bits per heavy atom. The Labute approximate surface area is 252 Å². The molecule has 4 heterocycles. The van der Waals surface area contributed by atoms with Gasteiger partial charge in [0, 0.05) is 61.3 Å². The van der Waals surface area contributed by atoms with Gasteiger partial charge in [0.15, 0.2) is 11.6 Å². The van der Waals surface area contributed by atoms with Crippen molar-refractivity contribution < 1.29 is 23.0 Å². The SMILES string of the molecule is O=C(NCc1ccc(OCCN2CCOCC2)c(-c2c[nH]c3ncccc23)c1)c1cccn(Cc2ccc(F)c(F)c2)c1=O. The average Bonchev–Trinajstić information content (AvgIpc) is 3.48. The third kappa shape index (κ3) is 6.53. The van der Waals surface area contributed by atoms with Crippen molar-refractivity contribution in [2.75, 3.05) is 39.5 Å². The van der Waals surface area contributed by atoms with E-state index in [-0.39, 0.29) is 18.7 Å². The Balaban J connectivity index is 1.19. The minimum absolute atomic E-state index is 0.00695. The van der Waals surface area contributed by atoms with Crippen LogP contribution in [-0.2, 0) is 17.8 Å². The van der Waals surface area contributed by atoms with E-state index in [1.165, 1.54) is 22.9 Å². The van der Waals surface area contributed by atoms with E-state index < -0.39 is 23.1 Å². The summed E-state index contributed by atoms with van der Waals surface area (Å²) >= 11 is 0. The van der Waals surface area contributed by atoms with E-state index in [2.05, 4.69) is 20.2 Å². The third-order valence-corrected chi connectivity index (χ3v) is 7.61. The predicted octanol–water partition coefficient (Wildman–Crippen LogP) is 4.36. The normalized spacial score (nSPS) is 13.7. The molecule has 1 saturated heterocycles. The number of carbonyl (C=O) groups is 1. The van der Waals surface area contributed by atoms with Crippen LogP contribution >= 0.6 is 0 Å². The second kappa shape index (κ2) is 13.2. The number of pyridine rings is 2. The Morgan fingerprint density at radius 1 is 1.00 bits per heavy atom. The molecule has 44 heavy (non-hydrogen) atoms. The van der Waals surface area contributed by atoms with Crippen LogP contribution in [0.25, 0.3) is 22.2 Å². The van der Waals surface area contributed by atoms with E-state index in [1.54, 1.807) is 12.3 Å². The number of H-pyrrole nitrogens is 1. The monoisotopic (exact) mass is 599 g/mol. The molecule has 1 aliphatic heterocycles. The molecule has 2 N–H and O–H groups in total. The maximum atomic E-state index is 13.7. The second-order valence-corrected chi connectivity index (χ2v) is 10.5. The molecule has 9 nitrogen and oxygen atoms in total. The summed E-state index contributed by atoms with van der Waals surface area (Å²) in [5.74, 6) is -1.80.